The van der Waals surface area contributed by atoms with Gasteiger partial charge in [-0.25, -0.2) is 0 Å². The Bertz CT molecular complexity index is 714. The first-order valence-electron chi connectivity index (χ1n) is 8.12. The third-order valence-corrected chi connectivity index (χ3v) is 4.58. The van der Waals surface area contributed by atoms with Crippen LogP contribution < -0.4 is 5.32 Å². The lowest BCUT2D eigenvalue weighted by atomic mass is 10.0. The molecule has 0 aromatic carbocycles. The number of aryl methyl sites for hydroxylation is 1. The van der Waals surface area contributed by atoms with E-state index in [4.69, 9.17) is 0 Å². The van der Waals surface area contributed by atoms with Gasteiger partial charge < -0.3 is 10.2 Å². The summed E-state index contributed by atoms with van der Waals surface area (Å²) in [6.07, 6.45) is 8.21. The van der Waals surface area contributed by atoms with Gasteiger partial charge in [0, 0.05) is 42.4 Å². The number of aromatic nitrogens is 2. The normalized spacial score (nSPS) is 24.0. The van der Waals surface area contributed by atoms with E-state index in [0.717, 1.165) is 29.8 Å². The maximum absolute atomic E-state index is 12.6. The number of pyridine rings is 2. The Morgan fingerprint density at radius 2 is 2.13 bits per heavy atom. The van der Waals surface area contributed by atoms with Crippen molar-refractivity contribution in [3.8, 4) is 0 Å². The average Bonchev–Trinajstić information content (AvgIpc) is 3.32. The molecule has 2 fully saturated rings. The van der Waals surface area contributed by atoms with Gasteiger partial charge in [-0.1, -0.05) is 6.07 Å². The highest BCUT2D eigenvalue weighted by molar-refractivity contribution is 5.82. The minimum Gasteiger partial charge on any atom is -0.379 e. The smallest absolute Gasteiger partial charge is 0.225 e. The van der Waals surface area contributed by atoms with Crippen LogP contribution in [0.2, 0.25) is 0 Å². The number of hydrogen-bond donors (Lipinski definition) is 1. The Balaban J connectivity index is 1.65. The van der Waals surface area contributed by atoms with E-state index in [9.17, 15) is 4.79 Å². The average molecular weight is 308 g/mol. The van der Waals surface area contributed by atoms with Crippen molar-refractivity contribution < 1.29 is 4.79 Å². The number of nitrogens with one attached hydrogen (secondary N) is 1. The van der Waals surface area contributed by atoms with Crippen molar-refractivity contribution in [2.75, 3.05) is 5.32 Å². The van der Waals surface area contributed by atoms with E-state index in [2.05, 4.69) is 26.3 Å². The molecule has 5 heteroatoms. The van der Waals surface area contributed by atoms with E-state index >= 15 is 0 Å². The SMILES string of the molecule is Cc1cc(N[C@@H]2CC(=O)N(C3CC3)[C@H]2c2cccnc2)ccn1. The fraction of sp³-hybridized carbons (Fsp3) is 0.389. The molecule has 1 saturated carbocycles. The third-order valence-electron chi connectivity index (χ3n) is 4.58. The summed E-state index contributed by atoms with van der Waals surface area (Å²) >= 11 is 0. The Kier molecular flexibility index (Phi) is 3.48. The molecule has 1 saturated heterocycles. The van der Waals surface area contributed by atoms with E-state index in [0.29, 0.717) is 12.5 Å². The van der Waals surface area contributed by atoms with Gasteiger partial charge >= 0.3 is 0 Å². The molecule has 3 heterocycles. The van der Waals surface area contributed by atoms with Gasteiger partial charge in [-0.15, -0.1) is 0 Å². The van der Waals surface area contributed by atoms with Crippen molar-refractivity contribution in [3.63, 3.8) is 0 Å². The summed E-state index contributed by atoms with van der Waals surface area (Å²) in [5.41, 5.74) is 3.09. The molecule has 0 radical (unpaired) electrons. The molecule has 23 heavy (non-hydrogen) atoms. The maximum atomic E-state index is 12.6. The molecular weight excluding hydrogens is 288 g/mol. The molecule has 1 aliphatic carbocycles. The van der Waals surface area contributed by atoms with Crippen LogP contribution in [0.3, 0.4) is 0 Å². The summed E-state index contributed by atoms with van der Waals surface area (Å²) in [4.78, 5) is 23.1. The number of likely N-dealkylation sites (tertiary alicyclic amines) is 1. The predicted molar refractivity (Wildman–Crippen MR) is 87.8 cm³/mol. The molecule has 118 valence electrons. The molecular formula is C18H20N4O. The van der Waals surface area contributed by atoms with Crippen molar-refractivity contribution in [1.82, 2.24) is 14.9 Å². The fourth-order valence-electron chi connectivity index (χ4n) is 3.46. The van der Waals surface area contributed by atoms with Crippen LogP contribution in [0, 0.1) is 6.92 Å². The van der Waals surface area contributed by atoms with Crippen LogP contribution in [0.4, 0.5) is 5.69 Å². The minimum atomic E-state index is 0.0529. The number of carbonyl (C=O) groups excluding carboxylic acids is 1. The largest absolute Gasteiger partial charge is 0.379 e. The molecule has 5 nitrogen and oxygen atoms in total. The first-order valence-corrected chi connectivity index (χ1v) is 8.12. The van der Waals surface area contributed by atoms with Gasteiger partial charge in [0.1, 0.15) is 0 Å². The van der Waals surface area contributed by atoms with Gasteiger partial charge in [0.15, 0.2) is 0 Å². The van der Waals surface area contributed by atoms with Gasteiger partial charge in [-0.3, -0.25) is 14.8 Å². The predicted octanol–water partition coefficient (Wildman–Crippen LogP) is 2.70. The van der Waals surface area contributed by atoms with Crippen molar-refractivity contribution in [3.05, 3.63) is 54.1 Å². The highest BCUT2D eigenvalue weighted by atomic mass is 16.2. The Labute approximate surface area is 135 Å². The summed E-state index contributed by atoms with van der Waals surface area (Å²) < 4.78 is 0. The van der Waals surface area contributed by atoms with Crippen LogP contribution in [-0.4, -0.2) is 32.9 Å². The van der Waals surface area contributed by atoms with Gasteiger partial charge in [0.05, 0.1) is 12.1 Å². The zero-order valence-corrected chi connectivity index (χ0v) is 13.1. The Hall–Kier alpha value is -2.43. The van der Waals surface area contributed by atoms with E-state index in [1.54, 1.807) is 12.4 Å². The van der Waals surface area contributed by atoms with E-state index < -0.39 is 0 Å². The van der Waals surface area contributed by atoms with Gasteiger partial charge in [-0.05, 0) is 43.5 Å². The van der Waals surface area contributed by atoms with Crippen molar-refractivity contribution in [1.29, 1.82) is 0 Å². The number of anilines is 1. The Morgan fingerprint density at radius 1 is 1.26 bits per heavy atom. The lowest BCUT2D eigenvalue weighted by Gasteiger charge is -2.29. The molecule has 1 amide bonds. The second kappa shape index (κ2) is 5.65. The zero-order valence-electron chi connectivity index (χ0n) is 13.1. The highest BCUT2D eigenvalue weighted by Crippen LogP contribution is 2.42. The number of rotatable bonds is 4. The first kappa shape index (κ1) is 14.2. The van der Waals surface area contributed by atoms with Crippen molar-refractivity contribution in [2.24, 2.45) is 0 Å². The summed E-state index contributed by atoms with van der Waals surface area (Å²) in [7, 11) is 0. The van der Waals surface area contributed by atoms with Crippen LogP contribution in [0.15, 0.2) is 42.9 Å². The molecule has 2 aromatic heterocycles. The molecule has 2 atom stereocenters. The van der Waals surface area contributed by atoms with Gasteiger partial charge in [-0.2, -0.15) is 0 Å². The first-order chi connectivity index (χ1) is 11.2. The fourth-order valence-corrected chi connectivity index (χ4v) is 3.46. The lowest BCUT2D eigenvalue weighted by Crippen LogP contribution is -2.34. The molecule has 2 aliphatic rings. The van der Waals surface area contributed by atoms with E-state index in [1.807, 2.05) is 31.3 Å². The van der Waals surface area contributed by atoms with Crippen LogP contribution in [-0.2, 0) is 4.79 Å². The molecule has 0 spiro atoms. The molecule has 1 aliphatic heterocycles. The van der Waals surface area contributed by atoms with Crippen molar-refractivity contribution >= 4 is 11.6 Å². The van der Waals surface area contributed by atoms with E-state index in [-0.39, 0.29) is 18.0 Å². The quantitative estimate of drug-likeness (QED) is 0.943. The number of hydrogen-bond acceptors (Lipinski definition) is 4. The number of carbonyl (C=O) groups is 1. The summed E-state index contributed by atoms with van der Waals surface area (Å²) in [6.45, 7) is 1.97. The zero-order chi connectivity index (χ0) is 15.8. The minimum absolute atomic E-state index is 0.0529. The maximum Gasteiger partial charge on any atom is 0.225 e. The third kappa shape index (κ3) is 2.79. The number of amides is 1. The monoisotopic (exact) mass is 308 g/mol. The van der Waals surface area contributed by atoms with E-state index in [1.165, 1.54) is 0 Å². The van der Waals surface area contributed by atoms with Crippen LogP contribution in [0.5, 0.6) is 0 Å². The van der Waals surface area contributed by atoms with Gasteiger partial charge in [0.2, 0.25) is 5.91 Å². The highest BCUT2D eigenvalue weighted by Gasteiger charge is 2.47. The Morgan fingerprint density at radius 3 is 2.83 bits per heavy atom. The van der Waals surface area contributed by atoms with Crippen LogP contribution in [0.1, 0.15) is 36.6 Å². The molecule has 0 unspecified atom stereocenters. The standard InChI is InChI=1S/C18H20N4O/c1-12-9-14(6-8-20-12)21-16-10-17(23)22(15-4-5-15)18(16)13-3-2-7-19-11-13/h2-3,6-9,11,15-16,18H,4-5,10H2,1H3,(H,20,21)/t16-,18+/m1/s1. The van der Waals surface area contributed by atoms with Crippen LogP contribution in [0.25, 0.3) is 0 Å². The number of nitrogens with zero attached hydrogens (tertiary/aromatic N) is 3. The van der Waals surface area contributed by atoms with Gasteiger partial charge in [0.25, 0.3) is 0 Å². The molecule has 2 aromatic rings. The second-order valence-corrected chi connectivity index (χ2v) is 6.40. The topological polar surface area (TPSA) is 58.1 Å². The van der Waals surface area contributed by atoms with Crippen LogP contribution >= 0.6 is 0 Å². The summed E-state index contributed by atoms with van der Waals surface area (Å²) in [5, 5.41) is 3.54. The molecule has 1 N–H and O–H groups in total. The molecule has 0 bridgehead atoms. The summed E-state index contributed by atoms with van der Waals surface area (Å²) in [6, 6.07) is 8.50. The summed E-state index contributed by atoms with van der Waals surface area (Å²) in [5.74, 6) is 0.240. The van der Waals surface area contributed by atoms with Crippen molar-refractivity contribution in [2.45, 2.75) is 44.3 Å². The molecule has 4 rings (SSSR count). The second-order valence-electron chi connectivity index (χ2n) is 6.40. The lowest BCUT2D eigenvalue weighted by molar-refractivity contribution is -0.129.